The number of hydrogen-bond acceptors (Lipinski definition) is 5. The van der Waals surface area contributed by atoms with Gasteiger partial charge in [0.1, 0.15) is 10.3 Å². The van der Waals surface area contributed by atoms with Gasteiger partial charge in [0.15, 0.2) is 0 Å². The van der Waals surface area contributed by atoms with Crippen molar-refractivity contribution in [3.63, 3.8) is 0 Å². The van der Waals surface area contributed by atoms with Crippen molar-refractivity contribution in [2.45, 2.75) is 0 Å². The minimum absolute atomic E-state index is 0.0385. The summed E-state index contributed by atoms with van der Waals surface area (Å²) in [5.74, 6) is 0.0385. The summed E-state index contributed by atoms with van der Waals surface area (Å²) in [5, 5.41) is 4.08. The van der Waals surface area contributed by atoms with Crippen LogP contribution in [0.15, 0.2) is 5.10 Å². The highest BCUT2D eigenvalue weighted by atomic mass is 35.5. The molecule has 1 aromatic heterocycles. The van der Waals surface area contributed by atoms with Gasteiger partial charge in [-0.15, -0.1) is 0 Å². The van der Waals surface area contributed by atoms with Gasteiger partial charge in [0.2, 0.25) is 5.95 Å². The van der Waals surface area contributed by atoms with E-state index < -0.39 is 0 Å². The lowest BCUT2D eigenvalue weighted by molar-refractivity contribution is 0.907. The first-order valence-corrected chi connectivity index (χ1v) is 4.09. The zero-order valence-corrected chi connectivity index (χ0v) is 8.26. The summed E-state index contributed by atoms with van der Waals surface area (Å²) in [7, 11) is 1.65. The highest BCUT2D eigenvalue weighted by Crippen LogP contribution is 2.19. The van der Waals surface area contributed by atoms with Crippen LogP contribution in [0.4, 0.5) is 5.95 Å². The Balaban J connectivity index is 3.13. The molecule has 0 aliphatic carbocycles. The van der Waals surface area contributed by atoms with Gasteiger partial charge in [-0.2, -0.15) is 5.10 Å². The van der Waals surface area contributed by atoms with E-state index in [1.165, 1.54) is 6.21 Å². The monoisotopic (exact) mass is 219 g/mol. The first-order chi connectivity index (χ1) is 6.15. The van der Waals surface area contributed by atoms with Crippen molar-refractivity contribution in [3.8, 4) is 0 Å². The van der Waals surface area contributed by atoms with Gasteiger partial charge in [0.05, 0.1) is 11.8 Å². The van der Waals surface area contributed by atoms with Crippen molar-refractivity contribution in [2.75, 3.05) is 12.8 Å². The van der Waals surface area contributed by atoms with Crippen LogP contribution in [0.3, 0.4) is 0 Å². The zero-order chi connectivity index (χ0) is 9.84. The molecule has 13 heavy (non-hydrogen) atoms. The molecular formula is C6H7Cl2N5. The number of nitrogen functional groups attached to an aromatic ring is 1. The summed E-state index contributed by atoms with van der Waals surface area (Å²) in [5.41, 5.74) is 8.29. The van der Waals surface area contributed by atoms with Crippen LogP contribution in [0, 0.1) is 0 Å². The van der Waals surface area contributed by atoms with E-state index in [0.29, 0.717) is 5.56 Å². The number of aromatic nitrogens is 2. The first-order valence-electron chi connectivity index (χ1n) is 3.33. The van der Waals surface area contributed by atoms with Gasteiger partial charge in [0.25, 0.3) is 0 Å². The minimum Gasteiger partial charge on any atom is -0.368 e. The summed E-state index contributed by atoms with van der Waals surface area (Å²) < 4.78 is 0. The second-order valence-electron chi connectivity index (χ2n) is 2.06. The van der Waals surface area contributed by atoms with Crippen molar-refractivity contribution >= 4 is 35.4 Å². The molecule has 0 fully saturated rings. The predicted octanol–water partition coefficient (Wildman–Crippen LogP) is 0.919. The van der Waals surface area contributed by atoms with Gasteiger partial charge in [-0.05, 0) is 0 Å². The fraction of sp³-hybridized carbons (Fsp3) is 0.167. The summed E-state index contributed by atoms with van der Waals surface area (Å²) in [6.07, 6.45) is 1.42. The van der Waals surface area contributed by atoms with Crippen molar-refractivity contribution < 1.29 is 0 Å². The molecule has 0 atom stereocenters. The van der Waals surface area contributed by atoms with Crippen molar-refractivity contribution in [1.82, 2.24) is 15.4 Å². The molecule has 0 amide bonds. The van der Waals surface area contributed by atoms with Crippen molar-refractivity contribution in [3.05, 3.63) is 15.9 Å². The Morgan fingerprint density at radius 2 is 1.92 bits per heavy atom. The Hall–Kier alpha value is -1.07. The Kier molecular flexibility index (Phi) is 3.27. The van der Waals surface area contributed by atoms with Crippen molar-refractivity contribution in [2.24, 2.45) is 5.10 Å². The van der Waals surface area contributed by atoms with Gasteiger partial charge >= 0.3 is 0 Å². The van der Waals surface area contributed by atoms with Gasteiger partial charge in [-0.3, -0.25) is 0 Å². The molecule has 0 unspecified atom stereocenters. The van der Waals surface area contributed by atoms with Crippen LogP contribution in [-0.2, 0) is 0 Å². The van der Waals surface area contributed by atoms with Gasteiger partial charge in [-0.1, -0.05) is 23.2 Å². The maximum atomic E-state index is 5.74. The highest BCUT2D eigenvalue weighted by Gasteiger charge is 2.07. The van der Waals surface area contributed by atoms with E-state index in [1.54, 1.807) is 7.05 Å². The van der Waals surface area contributed by atoms with E-state index in [4.69, 9.17) is 28.9 Å². The van der Waals surface area contributed by atoms with E-state index in [-0.39, 0.29) is 16.3 Å². The van der Waals surface area contributed by atoms with Gasteiger partial charge in [0, 0.05) is 7.05 Å². The molecule has 0 aliphatic rings. The lowest BCUT2D eigenvalue weighted by Gasteiger charge is -2.00. The molecule has 0 saturated heterocycles. The fourth-order valence-electron chi connectivity index (χ4n) is 0.667. The van der Waals surface area contributed by atoms with E-state index >= 15 is 0 Å². The van der Waals surface area contributed by atoms with Gasteiger partial charge < -0.3 is 11.2 Å². The molecule has 70 valence electrons. The maximum absolute atomic E-state index is 5.74. The van der Waals surface area contributed by atoms with Crippen LogP contribution in [-0.4, -0.2) is 23.2 Å². The van der Waals surface area contributed by atoms with Crippen LogP contribution in [0.25, 0.3) is 0 Å². The molecule has 1 aromatic rings. The number of nitrogens with two attached hydrogens (primary N) is 1. The largest absolute Gasteiger partial charge is 0.368 e. The van der Waals surface area contributed by atoms with E-state index in [0.717, 1.165) is 0 Å². The average molecular weight is 220 g/mol. The molecule has 0 aromatic carbocycles. The minimum atomic E-state index is 0.0385. The third-order valence-electron chi connectivity index (χ3n) is 1.19. The average Bonchev–Trinajstić information content (AvgIpc) is 2.02. The Morgan fingerprint density at radius 3 is 2.38 bits per heavy atom. The van der Waals surface area contributed by atoms with E-state index in [2.05, 4.69) is 20.5 Å². The topological polar surface area (TPSA) is 76.2 Å². The third-order valence-corrected chi connectivity index (χ3v) is 1.77. The summed E-state index contributed by atoms with van der Waals surface area (Å²) in [6.45, 7) is 0. The van der Waals surface area contributed by atoms with E-state index in [1.807, 2.05) is 0 Å². The predicted molar refractivity (Wildman–Crippen MR) is 53.1 cm³/mol. The number of hydrazone groups is 1. The van der Waals surface area contributed by atoms with Crippen LogP contribution >= 0.6 is 23.2 Å². The number of hydrogen-bond donors (Lipinski definition) is 2. The number of nitrogens with one attached hydrogen (secondary N) is 1. The second kappa shape index (κ2) is 4.25. The summed E-state index contributed by atoms with van der Waals surface area (Å²) >= 11 is 11.5. The highest BCUT2D eigenvalue weighted by molar-refractivity contribution is 6.37. The Morgan fingerprint density at radius 1 is 1.38 bits per heavy atom. The molecule has 1 rings (SSSR count). The van der Waals surface area contributed by atoms with Crippen LogP contribution in [0.2, 0.25) is 10.3 Å². The molecule has 0 saturated carbocycles. The smallest absolute Gasteiger partial charge is 0.222 e. The normalized spacial score (nSPS) is 10.7. The molecule has 1 heterocycles. The molecule has 0 aliphatic heterocycles. The standard InChI is InChI=1S/C6H7Cl2N5/c1-10-11-2-3-4(7)12-6(9)13-5(3)8/h2,10H,1H3,(H2,9,12,13)/b11-2+. The summed E-state index contributed by atoms with van der Waals surface area (Å²) in [4.78, 5) is 7.43. The third kappa shape index (κ3) is 2.43. The molecule has 5 nitrogen and oxygen atoms in total. The van der Waals surface area contributed by atoms with Crippen LogP contribution in [0.5, 0.6) is 0 Å². The zero-order valence-electron chi connectivity index (χ0n) is 6.75. The molecular weight excluding hydrogens is 213 g/mol. The molecule has 0 bridgehead atoms. The second-order valence-corrected chi connectivity index (χ2v) is 2.77. The quantitative estimate of drug-likeness (QED) is 0.441. The van der Waals surface area contributed by atoms with E-state index in [9.17, 15) is 0 Å². The Bertz CT molecular complexity index is 315. The number of halogens is 2. The fourth-order valence-corrected chi connectivity index (χ4v) is 1.17. The molecule has 0 radical (unpaired) electrons. The molecule has 0 spiro atoms. The SMILES string of the molecule is CN/N=C/c1c(Cl)nc(N)nc1Cl. The Labute approximate surface area is 85.0 Å². The van der Waals surface area contributed by atoms with Gasteiger partial charge in [-0.25, -0.2) is 9.97 Å². The lowest BCUT2D eigenvalue weighted by atomic mass is 10.4. The maximum Gasteiger partial charge on any atom is 0.222 e. The van der Waals surface area contributed by atoms with Crippen LogP contribution < -0.4 is 11.2 Å². The first kappa shape index (κ1) is 10.0. The lowest BCUT2D eigenvalue weighted by Crippen LogP contribution is -2.01. The molecule has 3 N–H and O–H groups in total. The number of anilines is 1. The number of nitrogens with zero attached hydrogens (tertiary/aromatic N) is 3. The number of rotatable bonds is 2. The van der Waals surface area contributed by atoms with Crippen LogP contribution in [0.1, 0.15) is 5.56 Å². The molecule has 7 heteroatoms. The summed E-state index contributed by atoms with van der Waals surface area (Å²) in [6, 6.07) is 0. The van der Waals surface area contributed by atoms with Crippen molar-refractivity contribution in [1.29, 1.82) is 0 Å².